The number of aliphatic hydroxyl groups excluding tert-OH is 1. The van der Waals surface area contributed by atoms with Crippen molar-refractivity contribution in [2.75, 3.05) is 24.4 Å². The van der Waals surface area contributed by atoms with Gasteiger partial charge in [-0.2, -0.15) is 0 Å². The van der Waals surface area contributed by atoms with Gasteiger partial charge in [0, 0.05) is 17.7 Å². The zero-order valence-corrected chi connectivity index (χ0v) is 13.4. The number of carbonyl (C=O) groups excluding carboxylic acids is 1. The number of benzene rings is 2. The molecule has 0 aliphatic carbocycles. The average Bonchev–Trinajstić information content (AvgIpc) is 2.66. The van der Waals surface area contributed by atoms with E-state index in [0.717, 1.165) is 11.3 Å². The standard InChI is InChI=1S/C17H17ClN2O3/c1-23-16-9-15-14(7-10(16)3-2-6-21)19-13-8-11(18)4-5-12(13)17(22)20-15/h4-5,7-9,19,21H,2-3,6H2,1H3,(H,20,22). The van der Waals surface area contributed by atoms with Crippen LogP contribution in [0.3, 0.4) is 0 Å². The molecule has 1 aliphatic heterocycles. The average molecular weight is 333 g/mol. The number of hydrogen-bond donors (Lipinski definition) is 3. The Morgan fingerprint density at radius 2 is 1.91 bits per heavy atom. The molecule has 0 spiro atoms. The highest BCUT2D eigenvalue weighted by Gasteiger charge is 2.21. The van der Waals surface area contributed by atoms with Crippen LogP contribution in [0.4, 0.5) is 17.1 Å². The van der Waals surface area contributed by atoms with E-state index in [2.05, 4.69) is 10.6 Å². The summed E-state index contributed by atoms with van der Waals surface area (Å²) in [7, 11) is 1.59. The van der Waals surface area contributed by atoms with Crippen LogP contribution in [-0.4, -0.2) is 24.7 Å². The molecule has 0 saturated carbocycles. The van der Waals surface area contributed by atoms with E-state index in [0.29, 0.717) is 40.6 Å². The van der Waals surface area contributed by atoms with Gasteiger partial charge in [0.25, 0.3) is 5.91 Å². The molecule has 0 saturated heterocycles. The lowest BCUT2D eigenvalue weighted by Gasteiger charge is -2.15. The Labute approximate surface area is 139 Å². The third kappa shape index (κ3) is 3.11. The molecule has 120 valence electrons. The van der Waals surface area contributed by atoms with Gasteiger partial charge in [0.05, 0.1) is 29.7 Å². The fraction of sp³-hybridized carbons (Fsp3) is 0.235. The monoisotopic (exact) mass is 332 g/mol. The molecule has 0 unspecified atom stereocenters. The van der Waals surface area contributed by atoms with E-state index >= 15 is 0 Å². The number of rotatable bonds is 4. The van der Waals surface area contributed by atoms with E-state index in [4.69, 9.17) is 21.4 Å². The first kappa shape index (κ1) is 15.6. The van der Waals surface area contributed by atoms with Crippen molar-refractivity contribution < 1.29 is 14.6 Å². The number of aliphatic hydroxyl groups is 1. The smallest absolute Gasteiger partial charge is 0.257 e. The lowest BCUT2D eigenvalue weighted by Crippen LogP contribution is -2.10. The third-order valence-electron chi connectivity index (χ3n) is 3.77. The number of halogens is 1. The van der Waals surface area contributed by atoms with Crippen LogP contribution in [0.25, 0.3) is 0 Å². The quantitative estimate of drug-likeness (QED) is 0.800. The van der Waals surface area contributed by atoms with Crippen LogP contribution in [0.15, 0.2) is 30.3 Å². The molecule has 0 fully saturated rings. The van der Waals surface area contributed by atoms with E-state index < -0.39 is 0 Å². The number of amides is 1. The highest BCUT2D eigenvalue weighted by Crippen LogP contribution is 2.37. The summed E-state index contributed by atoms with van der Waals surface area (Å²) in [6.07, 6.45) is 1.33. The number of methoxy groups -OCH3 is 1. The normalized spacial score (nSPS) is 12.6. The minimum absolute atomic E-state index is 0.114. The Balaban J connectivity index is 2.06. The third-order valence-corrected chi connectivity index (χ3v) is 4.00. The van der Waals surface area contributed by atoms with Gasteiger partial charge in [-0.1, -0.05) is 11.6 Å². The Kier molecular flexibility index (Phi) is 4.41. The SMILES string of the molecule is COc1cc2c(cc1CCCO)Nc1cc(Cl)ccc1C(=O)N2. The molecule has 1 heterocycles. The van der Waals surface area contributed by atoms with E-state index in [1.807, 2.05) is 6.07 Å². The van der Waals surface area contributed by atoms with E-state index in [-0.39, 0.29) is 12.5 Å². The maximum Gasteiger partial charge on any atom is 0.257 e. The summed E-state index contributed by atoms with van der Waals surface area (Å²) >= 11 is 6.03. The zero-order chi connectivity index (χ0) is 16.4. The Morgan fingerprint density at radius 3 is 2.65 bits per heavy atom. The summed E-state index contributed by atoms with van der Waals surface area (Å²) in [5.41, 5.74) is 3.57. The van der Waals surface area contributed by atoms with Crippen LogP contribution in [0, 0.1) is 0 Å². The van der Waals surface area contributed by atoms with Gasteiger partial charge >= 0.3 is 0 Å². The summed E-state index contributed by atoms with van der Waals surface area (Å²) in [6.45, 7) is 0.114. The first-order valence-electron chi connectivity index (χ1n) is 7.32. The van der Waals surface area contributed by atoms with Gasteiger partial charge in [-0.3, -0.25) is 4.79 Å². The van der Waals surface area contributed by atoms with Crippen molar-refractivity contribution in [3.05, 3.63) is 46.5 Å². The second-order valence-corrected chi connectivity index (χ2v) is 5.74. The van der Waals surface area contributed by atoms with Crippen molar-refractivity contribution in [1.82, 2.24) is 0 Å². The second kappa shape index (κ2) is 6.48. The highest BCUT2D eigenvalue weighted by atomic mass is 35.5. The van der Waals surface area contributed by atoms with Gasteiger partial charge in [0.15, 0.2) is 0 Å². The Hall–Kier alpha value is -2.24. The molecule has 2 aromatic carbocycles. The molecular formula is C17H17ClN2O3. The van der Waals surface area contributed by atoms with Crippen LogP contribution in [0.5, 0.6) is 5.75 Å². The molecule has 1 amide bonds. The van der Waals surface area contributed by atoms with Gasteiger partial charge in [0.1, 0.15) is 5.75 Å². The van der Waals surface area contributed by atoms with Crippen molar-refractivity contribution in [1.29, 1.82) is 0 Å². The molecule has 0 atom stereocenters. The van der Waals surface area contributed by atoms with Crippen molar-refractivity contribution >= 4 is 34.6 Å². The first-order valence-corrected chi connectivity index (χ1v) is 7.70. The van der Waals surface area contributed by atoms with E-state index in [1.165, 1.54) is 0 Å². The van der Waals surface area contributed by atoms with Gasteiger partial charge in [-0.15, -0.1) is 0 Å². The highest BCUT2D eigenvalue weighted by molar-refractivity contribution is 6.31. The predicted molar refractivity (Wildman–Crippen MR) is 91.1 cm³/mol. The fourth-order valence-corrected chi connectivity index (χ4v) is 2.81. The Morgan fingerprint density at radius 1 is 1.13 bits per heavy atom. The number of ether oxygens (including phenoxy) is 1. The molecule has 2 aromatic rings. The van der Waals surface area contributed by atoms with Gasteiger partial charge < -0.3 is 20.5 Å². The lowest BCUT2D eigenvalue weighted by molar-refractivity contribution is 0.102. The predicted octanol–water partition coefficient (Wildman–Crippen LogP) is 3.58. The maximum atomic E-state index is 12.4. The van der Waals surface area contributed by atoms with Crippen LogP contribution in [0.1, 0.15) is 22.3 Å². The largest absolute Gasteiger partial charge is 0.496 e. The molecule has 6 heteroatoms. The lowest BCUT2D eigenvalue weighted by atomic mass is 10.1. The zero-order valence-electron chi connectivity index (χ0n) is 12.6. The van der Waals surface area contributed by atoms with Crippen molar-refractivity contribution in [3.63, 3.8) is 0 Å². The van der Waals surface area contributed by atoms with E-state index in [9.17, 15) is 4.79 Å². The molecule has 0 bridgehead atoms. The summed E-state index contributed by atoms with van der Waals surface area (Å²) < 4.78 is 5.40. The minimum atomic E-state index is -0.201. The molecule has 23 heavy (non-hydrogen) atoms. The second-order valence-electron chi connectivity index (χ2n) is 5.31. The molecular weight excluding hydrogens is 316 g/mol. The summed E-state index contributed by atoms with van der Waals surface area (Å²) in [5.74, 6) is 0.483. The van der Waals surface area contributed by atoms with Gasteiger partial charge in [0.2, 0.25) is 0 Å². The van der Waals surface area contributed by atoms with Crippen molar-refractivity contribution in [3.8, 4) is 5.75 Å². The van der Waals surface area contributed by atoms with Gasteiger partial charge in [-0.05, 0) is 42.7 Å². The van der Waals surface area contributed by atoms with E-state index in [1.54, 1.807) is 31.4 Å². The molecule has 5 nitrogen and oxygen atoms in total. The fourth-order valence-electron chi connectivity index (χ4n) is 2.64. The number of aryl methyl sites for hydroxylation is 1. The minimum Gasteiger partial charge on any atom is -0.496 e. The molecule has 3 N–H and O–H groups in total. The molecule has 0 radical (unpaired) electrons. The van der Waals surface area contributed by atoms with Crippen LogP contribution in [-0.2, 0) is 6.42 Å². The summed E-state index contributed by atoms with van der Waals surface area (Å²) in [5, 5.41) is 15.7. The topological polar surface area (TPSA) is 70.6 Å². The van der Waals surface area contributed by atoms with Crippen LogP contribution in [0.2, 0.25) is 5.02 Å². The number of fused-ring (bicyclic) bond motifs is 2. The number of anilines is 3. The number of nitrogens with one attached hydrogen (secondary N) is 2. The Bertz CT molecular complexity index is 762. The van der Waals surface area contributed by atoms with Crippen LogP contribution < -0.4 is 15.4 Å². The van der Waals surface area contributed by atoms with Crippen molar-refractivity contribution in [2.45, 2.75) is 12.8 Å². The first-order chi connectivity index (χ1) is 11.1. The summed E-state index contributed by atoms with van der Waals surface area (Å²) in [4.78, 5) is 12.4. The maximum absolute atomic E-state index is 12.4. The molecule has 0 aromatic heterocycles. The number of hydrogen-bond acceptors (Lipinski definition) is 4. The summed E-state index contributed by atoms with van der Waals surface area (Å²) in [6, 6.07) is 8.82. The molecule has 3 rings (SSSR count). The molecule has 1 aliphatic rings. The van der Waals surface area contributed by atoms with Crippen LogP contribution >= 0.6 is 11.6 Å². The number of carbonyl (C=O) groups is 1. The van der Waals surface area contributed by atoms with Gasteiger partial charge in [-0.25, -0.2) is 0 Å². The van der Waals surface area contributed by atoms with Crippen molar-refractivity contribution in [2.24, 2.45) is 0 Å².